The van der Waals surface area contributed by atoms with Crippen LogP contribution in [0.1, 0.15) is 17.0 Å². The Hall–Kier alpha value is -1.87. The van der Waals surface area contributed by atoms with Crippen LogP contribution in [0.3, 0.4) is 0 Å². The molecule has 1 heterocycles. The smallest absolute Gasteiger partial charge is 0.148 e. The number of hydrogen-bond donors (Lipinski definition) is 0. The maximum absolute atomic E-state index is 13.4. The lowest BCUT2D eigenvalue weighted by molar-refractivity contribution is -0.120. The van der Waals surface area contributed by atoms with E-state index in [2.05, 4.69) is 0 Å². The van der Waals surface area contributed by atoms with Crippen LogP contribution in [0.4, 0.5) is 4.39 Å². The van der Waals surface area contributed by atoms with Crippen molar-refractivity contribution in [2.45, 2.75) is 12.3 Å². The molecule has 2 nitrogen and oxygen atoms in total. The Labute approximate surface area is 121 Å². The molecule has 0 N–H and O–H groups in total. The minimum absolute atomic E-state index is 0.0116. The summed E-state index contributed by atoms with van der Waals surface area (Å²) in [5, 5.41) is 0.0213. The lowest BCUT2D eigenvalue weighted by Crippen LogP contribution is -2.16. The predicted molar refractivity (Wildman–Crippen MR) is 74.8 cm³/mol. The first-order chi connectivity index (χ1) is 9.66. The number of fused-ring (bicyclic) bond motifs is 1. The van der Waals surface area contributed by atoms with E-state index in [9.17, 15) is 9.18 Å². The zero-order valence-corrected chi connectivity index (χ0v) is 11.4. The number of ether oxygens (including phenoxy) is 1. The Bertz CT molecular complexity index is 669. The molecule has 1 unspecified atom stereocenters. The van der Waals surface area contributed by atoms with Gasteiger partial charge in [0.1, 0.15) is 24.0 Å². The fourth-order valence-electron chi connectivity index (χ4n) is 2.43. The molecule has 0 fully saturated rings. The van der Waals surface area contributed by atoms with Crippen molar-refractivity contribution in [2.24, 2.45) is 0 Å². The Kier molecular flexibility index (Phi) is 3.45. The van der Waals surface area contributed by atoms with Crippen LogP contribution in [0.15, 0.2) is 42.5 Å². The van der Waals surface area contributed by atoms with Gasteiger partial charge in [-0.15, -0.1) is 0 Å². The molecule has 102 valence electrons. The summed E-state index contributed by atoms with van der Waals surface area (Å²) in [6, 6.07) is 12.0. The SMILES string of the molecule is O=C(Cc1cccc(F)c1Cl)C1COc2ccccc21. The molecule has 1 aliphatic rings. The van der Waals surface area contributed by atoms with Gasteiger partial charge >= 0.3 is 0 Å². The number of para-hydroxylation sites is 1. The predicted octanol–water partition coefficient (Wildman–Crippen LogP) is 3.77. The van der Waals surface area contributed by atoms with E-state index in [0.29, 0.717) is 12.2 Å². The number of benzene rings is 2. The second kappa shape index (κ2) is 5.25. The Balaban J connectivity index is 1.83. The van der Waals surface area contributed by atoms with Gasteiger partial charge in [0.05, 0.1) is 10.9 Å². The van der Waals surface area contributed by atoms with Gasteiger partial charge in [-0.2, -0.15) is 0 Å². The minimum Gasteiger partial charge on any atom is -0.492 e. The molecule has 2 aromatic carbocycles. The van der Waals surface area contributed by atoms with Crippen molar-refractivity contribution in [1.29, 1.82) is 0 Å². The average molecular weight is 291 g/mol. The van der Waals surface area contributed by atoms with Gasteiger partial charge in [0.15, 0.2) is 0 Å². The van der Waals surface area contributed by atoms with Crippen LogP contribution in [0.25, 0.3) is 0 Å². The number of carbonyl (C=O) groups is 1. The minimum atomic E-state index is -0.500. The lowest BCUT2D eigenvalue weighted by atomic mass is 9.93. The molecular weight excluding hydrogens is 279 g/mol. The summed E-state index contributed by atoms with van der Waals surface area (Å²) in [6.45, 7) is 0.338. The summed E-state index contributed by atoms with van der Waals surface area (Å²) in [7, 11) is 0. The Morgan fingerprint density at radius 2 is 2.05 bits per heavy atom. The van der Waals surface area contributed by atoms with Gasteiger partial charge in [0.2, 0.25) is 0 Å². The molecule has 0 aliphatic carbocycles. The first-order valence-corrected chi connectivity index (χ1v) is 6.72. The Morgan fingerprint density at radius 3 is 2.90 bits per heavy atom. The quantitative estimate of drug-likeness (QED) is 0.860. The van der Waals surface area contributed by atoms with Gasteiger partial charge in [-0.25, -0.2) is 4.39 Å². The largest absolute Gasteiger partial charge is 0.492 e. The molecule has 0 bridgehead atoms. The van der Waals surface area contributed by atoms with Crippen molar-refractivity contribution >= 4 is 17.4 Å². The summed E-state index contributed by atoms with van der Waals surface area (Å²) >= 11 is 5.89. The number of Topliss-reactive ketones (excluding diaryl/α,β-unsaturated/α-hetero) is 1. The summed E-state index contributed by atoms with van der Waals surface area (Å²) in [5.74, 6) is -0.0655. The van der Waals surface area contributed by atoms with Gasteiger partial charge in [0, 0.05) is 12.0 Å². The zero-order chi connectivity index (χ0) is 14.1. The molecular formula is C16H12ClFO2. The highest BCUT2D eigenvalue weighted by molar-refractivity contribution is 6.31. The van der Waals surface area contributed by atoms with E-state index in [1.807, 2.05) is 24.3 Å². The second-order valence-electron chi connectivity index (χ2n) is 4.76. The Morgan fingerprint density at radius 1 is 1.25 bits per heavy atom. The van der Waals surface area contributed by atoms with E-state index in [0.717, 1.165) is 11.3 Å². The summed E-state index contributed by atoms with van der Waals surface area (Å²) in [4.78, 5) is 12.4. The topological polar surface area (TPSA) is 26.3 Å². The molecule has 0 saturated heterocycles. The molecule has 0 amide bonds. The molecule has 1 aliphatic heterocycles. The van der Waals surface area contributed by atoms with E-state index < -0.39 is 5.82 Å². The third-order valence-corrected chi connectivity index (χ3v) is 3.91. The summed E-state index contributed by atoms with van der Waals surface area (Å²) < 4.78 is 18.9. The highest BCUT2D eigenvalue weighted by Gasteiger charge is 2.30. The number of ketones is 1. The molecule has 4 heteroatoms. The molecule has 2 aromatic rings. The van der Waals surface area contributed by atoms with E-state index in [4.69, 9.17) is 16.3 Å². The van der Waals surface area contributed by atoms with Gasteiger partial charge < -0.3 is 4.74 Å². The summed E-state index contributed by atoms with van der Waals surface area (Å²) in [6.07, 6.45) is 0.110. The van der Waals surface area contributed by atoms with Crippen molar-refractivity contribution in [3.05, 3.63) is 64.4 Å². The summed E-state index contributed by atoms with van der Waals surface area (Å²) in [5.41, 5.74) is 1.41. The standard InChI is InChI=1S/C16H12ClFO2/c17-16-10(4-3-6-13(16)18)8-14(19)12-9-20-15-7-2-1-5-11(12)15/h1-7,12H,8-9H2. The van der Waals surface area contributed by atoms with E-state index in [-0.39, 0.29) is 23.1 Å². The van der Waals surface area contributed by atoms with Crippen LogP contribution >= 0.6 is 11.6 Å². The number of carbonyl (C=O) groups excluding carboxylic acids is 1. The molecule has 0 radical (unpaired) electrons. The van der Waals surface area contributed by atoms with Crippen molar-refractivity contribution in [2.75, 3.05) is 6.61 Å². The number of halogens is 2. The van der Waals surface area contributed by atoms with Crippen LogP contribution < -0.4 is 4.74 Å². The normalized spacial score (nSPS) is 16.6. The fourth-order valence-corrected chi connectivity index (χ4v) is 2.62. The fraction of sp³-hybridized carbons (Fsp3) is 0.188. The highest BCUT2D eigenvalue weighted by Crippen LogP contribution is 2.35. The van der Waals surface area contributed by atoms with Gasteiger partial charge in [-0.1, -0.05) is 41.9 Å². The van der Waals surface area contributed by atoms with Gasteiger partial charge in [-0.3, -0.25) is 4.79 Å². The molecule has 20 heavy (non-hydrogen) atoms. The van der Waals surface area contributed by atoms with Crippen LogP contribution in [0.5, 0.6) is 5.75 Å². The van der Waals surface area contributed by atoms with E-state index >= 15 is 0 Å². The molecule has 3 rings (SSSR count). The first-order valence-electron chi connectivity index (χ1n) is 6.34. The maximum Gasteiger partial charge on any atom is 0.148 e. The van der Waals surface area contributed by atoms with Gasteiger partial charge in [0.25, 0.3) is 0 Å². The van der Waals surface area contributed by atoms with Crippen LogP contribution in [0, 0.1) is 5.82 Å². The van der Waals surface area contributed by atoms with E-state index in [1.54, 1.807) is 12.1 Å². The van der Waals surface area contributed by atoms with Crippen molar-refractivity contribution in [3.8, 4) is 5.75 Å². The maximum atomic E-state index is 13.4. The third-order valence-electron chi connectivity index (χ3n) is 3.48. The lowest BCUT2D eigenvalue weighted by Gasteiger charge is -2.09. The van der Waals surface area contributed by atoms with Crippen molar-refractivity contribution in [3.63, 3.8) is 0 Å². The zero-order valence-electron chi connectivity index (χ0n) is 10.6. The first kappa shape index (κ1) is 13.1. The molecule has 1 atom stereocenters. The van der Waals surface area contributed by atoms with Crippen molar-refractivity contribution < 1.29 is 13.9 Å². The number of hydrogen-bond acceptors (Lipinski definition) is 2. The second-order valence-corrected chi connectivity index (χ2v) is 5.14. The molecule has 0 aromatic heterocycles. The number of rotatable bonds is 3. The monoisotopic (exact) mass is 290 g/mol. The van der Waals surface area contributed by atoms with Crippen LogP contribution in [-0.4, -0.2) is 12.4 Å². The van der Waals surface area contributed by atoms with Gasteiger partial charge in [-0.05, 0) is 17.7 Å². The van der Waals surface area contributed by atoms with Crippen LogP contribution in [0.2, 0.25) is 5.02 Å². The third kappa shape index (κ3) is 2.29. The van der Waals surface area contributed by atoms with E-state index in [1.165, 1.54) is 6.07 Å². The molecule has 0 spiro atoms. The average Bonchev–Trinajstić information content (AvgIpc) is 2.88. The van der Waals surface area contributed by atoms with Crippen LogP contribution in [-0.2, 0) is 11.2 Å². The molecule has 0 saturated carbocycles. The van der Waals surface area contributed by atoms with Crippen molar-refractivity contribution in [1.82, 2.24) is 0 Å². The highest BCUT2D eigenvalue weighted by atomic mass is 35.5.